The van der Waals surface area contributed by atoms with E-state index >= 15 is 0 Å². The first-order valence-electron chi connectivity index (χ1n) is 9.49. The van der Waals surface area contributed by atoms with Crippen LogP contribution in [0.15, 0.2) is 59.5 Å². The third-order valence-corrected chi connectivity index (χ3v) is 6.78. The number of rotatable bonds is 8. The van der Waals surface area contributed by atoms with Crippen molar-refractivity contribution in [3.63, 3.8) is 0 Å². The Morgan fingerprint density at radius 2 is 1.56 bits per heavy atom. The number of carbonyl (C=O) groups is 1. The zero-order chi connectivity index (χ0) is 19.1. The third kappa shape index (κ3) is 5.65. The Bertz CT molecular complexity index is 860. The summed E-state index contributed by atoms with van der Waals surface area (Å²) in [5.74, 6) is -0.416. The van der Waals surface area contributed by atoms with E-state index in [4.69, 9.17) is 0 Å². The Labute approximate surface area is 161 Å². The highest BCUT2D eigenvalue weighted by molar-refractivity contribution is 7.91. The minimum absolute atomic E-state index is 0.0310. The molecule has 0 aromatic heterocycles. The molecule has 0 spiro atoms. The number of carbonyl (C=O) groups excluding carboxylic acids is 1. The second kappa shape index (κ2) is 9.15. The molecule has 0 aliphatic carbocycles. The second-order valence-electron chi connectivity index (χ2n) is 7.06. The van der Waals surface area contributed by atoms with Crippen molar-refractivity contribution in [3.8, 4) is 0 Å². The molecule has 1 aliphatic heterocycles. The zero-order valence-electron chi connectivity index (χ0n) is 15.5. The summed E-state index contributed by atoms with van der Waals surface area (Å²) < 4.78 is 24.6. The normalized spacial score (nSPS) is 15.0. The summed E-state index contributed by atoms with van der Waals surface area (Å²) in [7, 11) is -3.43. The highest BCUT2D eigenvalue weighted by atomic mass is 32.2. The first-order valence-corrected chi connectivity index (χ1v) is 11.1. The summed E-state index contributed by atoms with van der Waals surface area (Å²) >= 11 is 0. The summed E-state index contributed by atoms with van der Waals surface area (Å²) in [5.41, 5.74) is 2.36. The number of nitrogens with one attached hydrogen (secondary N) is 2. The van der Waals surface area contributed by atoms with Crippen LogP contribution in [0.25, 0.3) is 0 Å². The van der Waals surface area contributed by atoms with Gasteiger partial charge in [-0.15, -0.1) is 0 Å². The summed E-state index contributed by atoms with van der Waals surface area (Å²) in [6, 6.07) is 16.4. The van der Waals surface area contributed by atoms with Gasteiger partial charge in [0.05, 0.1) is 23.7 Å². The van der Waals surface area contributed by atoms with Gasteiger partial charge in [-0.05, 0) is 17.7 Å². The fourth-order valence-electron chi connectivity index (χ4n) is 3.48. The molecule has 144 valence electrons. The Kier molecular flexibility index (Phi) is 6.63. The van der Waals surface area contributed by atoms with Crippen molar-refractivity contribution in [1.82, 2.24) is 5.32 Å². The fourth-order valence-corrected chi connectivity index (χ4v) is 4.74. The molecule has 0 atom stereocenters. The Morgan fingerprint density at radius 3 is 2.26 bits per heavy atom. The van der Waals surface area contributed by atoms with Crippen LogP contribution in [0.5, 0.6) is 0 Å². The first kappa shape index (κ1) is 19.6. The molecule has 1 fully saturated rings. The van der Waals surface area contributed by atoms with Gasteiger partial charge in [0.15, 0.2) is 9.84 Å². The van der Waals surface area contributed by atoms with Crippen LogP contribution in [0.1, 0.15) is 30.4 Å². The van der Waals surface area contributed by atoms with Crippen LogP contribution in [0.2, 0.25) is 0 Å². The van der Waals surface area contributed by atoms with E-state index in [9.17, 15) is 13.2 Å². The van der Waals surface area contributed by atoms with Crippen molar-refractivity contribution in [1.29, 1.82) is 0 Å². The Hall–Kier alpha value is -2.18. The molecule has 5 nitrogen and oxygen atoms in total. The van der Waals surface area contributed by atoms with E-state index < -0.39 is 9.84 Å². The minimum atomic E-state index is -3.43. The lowest BCUT2D eigenvalue weighted by atomic mass is 10.1. The molecule has 3 rings (SSSR count). The van der Waals surface area contributed by atoms with E-state index in [2.05, 4.69) is 11.4 Å². The predicted octanol–water partition coefficient (Wildman–Crippen LogP) is 1.35. The average molecular weight is 388 g/mol. The molecule has 0 unspecified atom stereocenters. The smallest absolute Gasteiger partial charge is 0.221 e. The minimum Gasteiger partial charge on any atom is -0.352 e. The molecule has 2 aromatic rings. The van der Waals surface area contributed by atoms with Gasteiger partial charge in [-0.25, -0.2) is 8.42 Å². The van der Waals surface area contributed by atoms with Gasteiger partial charge in [0.2, 0.25) is 5.91 Å². The number of likely N-dealkylation sites (tertiary alicyclic amines) is 1. The monoisotopic (exact) mass is 387 g/mol. The molecular weight excluding hydrogens is 360 g/mol. The topological polar surface area (TPSA) is 67.7 Å². The summed E-state index contributed by atoms with van der Waals surface area (Å²) in [4.78, 5) is 14.0. The summed E-state index contributed by atoms with van der Waals surface area (Å²) in [5, 5.41) is 2.88. The maximum Gasteiger partial charge on any atom is 0.221 e. The Balaban J connectivity index is 1.52. The SMILES string of the molecule is O=C(CCS(=O)(=O)c1ccccc1)NCc1ccccc1C[NH+]1CCCC1. The van der Waals surface area contributed by atoms with E-state index in [0.29, 0.717) is 6.54 Å². The van der Waals surface area contributed by atoms with Gasteiger partial charge in [-0.2, -0.15) is 0 Å². The van der Waals surface area contributed by atoms with E-state index in [1.165, 1.54) is 31.5 Å². The molecule has 0 saturated carbocycles. The van der Waals surface area contributed by atoms with E-state index in [1.54, 1.807) is 35.2 Å². The fraction of sp³-hybridized carbons (Fsp3) is 0.381. The highest BCUT2D eigenvalue weighted by Crippen LogP contribution is 2.12. The number of sulfone groups is 1. The van der Waals surface area contributed by atoms with Gasteiger partial charge < -0.3 is 10.2 Å². The lowest BCUT2D eigenvalue weighted by molar-refractivity contribution is -0.901. The largest absolute Gasteiger partial charge is 0.352 e. The van der Waals surface area contributed by atoms with Crippen LogP contribution in [0.3, 0.4) is 0 Å². The van der Waals surface area contributed by atoms with Gasteiger partial charge in [0.1, 0.15) is 6.54 Å². The van der Waals surface area contributed by atoms with Gasteiger partial charge in [0.25, 0.3) is 0 Å². The van der Waals surface area contributed by atoms with Crippen molar-refractivity contribution < 1.29 is 18.1 Å². The van der Waals surface area contributed by atoms with Crippen molar-refractivity contribution in [3.05, 3.63) is 65.7 Å². The van der Waals surface area contributed by atoms with Crippen LogP contribution in [0.4, 0.5) is 0 Å². The van der Waals surface area contributed by atoms with Crippen LogP contribution < -0.4 is 10.2 Å². The zero-order valence-corrected chi connectivity index (χ0v) is 16.3. The molecule has 6 heteroatoms. The maximum atomic E-state index is 12.3. The van der Waals surface area contributed by atoms with Crippen molar-refractivity contribution >= 4 is 15.7 Å². The number of benzene rings is 2. The van der Waals surface area contributed by atoms with Crippen molar-refractivity contribution in [2.75, 3.05) is 18.8 Å². The van der Waals surface area contributed by atoms with Crippen molar-refractivity contribution in [2.24, 2.45) is 0 Å². The van der Waals surface area contributed by atoms with Crippen LogP contribution in [-0.4, -0.2) is 33.2 Å². The molecule has 27 heavy (non-hydrogen) atoms. The standard InChI is InChI=1S/C21H26N2O3S/c24-21(12-15-27(25,26)20-10-2-1-3-11-20)22-16-18-8-4-5-9-19(18)17-23-13-6-7-14-23/h1-5,8-11H,6-7,12-17H2,(H,22,24)/p+1. The number of amides is 1. The van der Waals surface area contributed by atoms with Gasteiger partial charge >= 0.3 is 0 Å². The molecule has 2 N–H and O–H groups in total. The third-order valence-electron chi connectivity index (χ3n) is 5.05. The molecule has 1 aliphatic rings. The number of hydrogen-bond donors (Lipinski definition) is 2. The highest BCUT2D eigenvalue weighted by Gasteiger charge is 2.18. The molecule has 1 amide bonds. The Morgan fingerprint density at radius 1 is 0.926 bits per heavy atom. The quantitative estimate of drug-likeness (QED) is 0.718. The molecule has 0 bridgehead atoms. The maximum absolute atomic E-state index is 12.3. The molecule has 0 radical (unpaired) electrons. The van der Waals surface area contributed by atoms with E-state index in [0.717, 1.165) is 12.1 Å². The van der Waals surface area contributed by atoms with Crippen LogP contribution >= 0.6 is 0 Å². The lowest BCUT2D eigenvalue weighted by Gasteiger charge is -2.15. The van der Waals surface area contributed by atoms with Crippen LogP contribution in [-0.2, 0) is 27.7 Å². The molecular formula is C21H27N2O3S+. The molecule has 1 saturated heterocycles. The van der Waals surface area contributed by atoms with Crippen molar-refractivity contribution in [2.45, 2.75) is 37.2 Å². The summed E-state index contributed by atoms with van der Waals surface area (Å²) in [6.07, 6.45) is 2.53. The number of quaternary nitrogens is 1. The number of hydrogen-bond acceptors (Lipinski definition) is 3. The summed E-state index contributed by atoms with van der Waals surface area (Å²) in [6.45, 7) is 3.83. The lowest BCUT2D eigenvalue weighted by Crippen LogP contribution is -3.08. The van der Waals surface area contributed by atoms with Gasteiger partial charge in [-0.3, -0.25) is 4.79 Å². The average Bonchev–Trinajstić information content (AvgIpc) is 3.19. The molecule has 1 heterocycles. The van der Waals surface area contributed by atoms with Crippen LogP contribution in [0, 0.1) is 0 Å². The van der Waals surface area contributed by atoms with E-state index in [1.807, 2.05) is 18.2 Å². The molecule has 2 aromatic carbocycles. The predicted molar refractivity (Wildman–Crippen MR) is 105 cm³/mol. The van der Waals surface area contributed by atoms with Gasteiger partial charge in [0, 0.05) is 31.4 Å². The van der Waals surface area contributed by atoms with E-state index in [-0.39, 0.29) is 23.0 Å². The first-order chi connectivity index (χ1) is 13.0. The van der Waals surface area contributed by atoms with Gasteiger partial charge in [-0.1, -0.05) is 42.5 Å². The second-order valence-corrected chi connectivity index (χ2v) is 9.17.